The molecule has 0 aromatic heterocycles. The minimum Gasteiger partial charge on any atom is -0.481 e. The number of benzene rings is 1. The highest BCUT2D eigenvalue weighted by molar-refractivity contribution is 5.66. The summed E-state index contributed by atoms with van der Waals surface area (Å²) in [6.07, 6.45) is 15.5. The summed E-state index contributed by atoms with van der Waals surface area (Å²) < 4.78 is 11.2. The Morgan fingerprint density at radius 2 is 1.31 bits per heavy atom. The Hall–Kier alpha value is -1.88. The number of carboxylic acids is 1. The van der Waals surface area contributed by atoms with Gasteiger partial charge in [-0.15, -0.1) is 0 Å². The van der Waals surface area contributed by atoms with Gasteiger partial charge in [0, 0.05) is 20.0 Å². The molecule has 1 aromatic carbocycles. The average Bonchev–Trinajstić information content (AvgIpc) is 2.76. The molecule has 182 valence electrons. The van der Waals surface area contributed by atoms with E-state index in [1.165, 1.54) is 51.0 Å². The van der Waals surface area contributed by atoms with E-state index in [2.05, 4.69) is 12.1 Å². The molecule has 1 atom stereocenters. The number of carboxylic acid groups (broad SMARTS) is 1. The van der Waals surface area contributed by atoms with Crippen LogP contribution in [0.15, 0.2) is 30.3 Å². The van der Waals surface area contributed by atoms with Crippen LogP contribution >= 0.6 is 0 Å². The zero-order valence-corrected chi connectivity index (χ0v) is 20.1. The summed E-state index contributed by atoms with van der Waals surface area (Å²) in [5.74, 6) is -0.927. The lowest BCUT2D eigenvalue weighted by molar-refractivity contribution is -0.147. The number of rotatable bonds is 21. The van der Waals surface area contributed by atoms with Crippen LogP contribution in [0.3, 0.4) is 0 Å². The zero-order chi connectivity index (χ0) is 23.3. The molecule has 0 heterocycles. The summed E-state index contributed by atoms with van der Waals surface area (Å²) in [5, 5.41) is 8.66. The van der Waals surface area contributed by atoms with Crippen LogP contribution < -0.4 is 0 Å². The SMILES string of the molecule is CC(=O)OC(CCCCCCCCCCOCc1ccccc1)CCCCCCC(=O)O. The van der Waals surface area contributed by atoms with Crippen LogP contribution in [0, 0.1) is 0 Å². The number of ether oxygens (including phenoxy) is 2. The fourth-order valence-electron chi connectivity index (χ4n) is 3.90. The molecule has 1 unspecified atom stereocenters. The Kier molecular flexibility index (Phi) is 17.4. The summed E-state index contributed by atoms with van der Waals surface area (Å²) in [7, 11) is 0. The Labute approximate surface area is 194 Å². The van der Waals surface area contributed by atoms with Gasteiger partial charge in [-0.1, -0.05) is 81.7 Å². The maximum Gasteiger partial charge on any atom is 0.303 e. The minimum absolute atomic E-state index is 0.0165. The fraction of sp³-hybridized carbons (Fsp3) is 0.704. The van der Waals surface area contributed by atoms with Crippen LogP contribution in [0.2, 0.25) is 0 Å². The normalized spacial score (nSPS) is 11.9. The molecule has 5 heteroatoms. The number of carbonyl (C=O) groups is 2. The second-order valence-corrected chi connectivity index (χ2v) is 8.73. The fourth-order valence-corrected chi connectivity index (χ4v) is 3.90. The molecule has 0 radical (unpaired) electrons. The molecular formula is C27H44O5. The van der Waals surface area contributed by atoms with Gasteiger partial charge in [0.2, 0.25) is 0 Å². The lowest BCUT2D eigenvalue weighted by atomic mass is 10.0. The molecule has 32 heavy (non-hydrogen) atoms. The molecule has 0 aliphatic heterocycles. The molecule has 1 aromatic rings. The van der Waals surface area contributed by atoms with Crippen LogP contribution in [0.5, 0.6) is 0 Å². The third kappa shape index (κ3) is 17.8. The topological polar surface area (TPSA) is 72.8 Å². The second kappa shape index (κ2) is 19.8. The van der Waals surface area contributed by atoms with Gasteiger partial charge in [-0.05, 0) is 44.1 Å². The van der Waals surface area contributed by atoms with E-state index < -0.39 is 5.97 Å². The Morgan fingerprint density at radius 3 is 1.88 bits per heavy atom. The maximum atomic E-state index is 11.3. The third-order valence-electron chi connectivity index (χ3n) is 5.68. The summed E-state index contributed by atoms with van der Waals surface area (Å²) in [6.45, 7) is 3.03. The van der Waals surface area contributed by atoms with Crippen LogP contribution in [0.25, 0.3) is 0 Å². The molecule has 0 saturated carbocycles. The molecule has 5 nitrogen and oxygen atoms in total. The highest BCUT2D eigenvalue weighted by Crippen LogP contribution is 2.17. The zero-order valence-electron chi connectivity index (χ0n) is 20.1. The third-order valence-corrected chi connectivity index (χ3v) is 5.68. The quantitative estimate of drug-likeness (QED) is 0.161. The molecule has 0 aliphatic rings. The van der Waals surface area contributed by atoms with Crippen molar-refractivity contribution in [1.29, 1.82) is 0 Å². The molecule has 0 fully saturated rings. The average molecular weight is 449 g/mol. The largest absolute Gasteiger partial charge is 0.481 e. The highest BCUT2D eigenvalue weighted by atomic mass is 16.5. The first-order valence-corrected chi connectivity index (χ1v) is 12.6. The van der Waals surface area contributed by atoms with Gasteiger partial charge >= 0.3 is 11.9 Å². The first-order chi connectivity index (χ1) is 15.6. The standard InChI is InChI=1S/C27H44O5/c1-24(28)32-26(20-14-7-8-15-21-27(29)30)19-13-6-4-2-3-5-9-16-22-31-23-25-17-11-10-12-18-25/h10-12,17-18,26H,2-9,13-16,19-23H2,1H3,(H,29,30). The van der Waals surface area contributed by atoms with Crippen molar-refractivity contribution in [3.63, 3.8) is 0 Å². The molecule has 1 N–H and O–H groups in total. The summed E-state index contributed by atoms with van der Waals surface area (Å²) >= 11 is 0. The van der Waals surface area contributed by atoms with Gasteiger partial charge in [0.1, 0.15) is 6.10 Å². The van der Waals surface area contributed by atoms with E-state index in [1.54, 1.807) is 0 Å². The highest BCUT2D eigenvalue weighted by Gasteiger charge is 2.11. The van der Waals surface area contributed by atoms with Crippen molar-refractivity contribution in [2.45, 2.75) is 116 Å². The first-order valence-electron chi connectivity index (χ1n) is 12.6. The van der Waals surface area contributed by atoms with E-state index in [0.29, 0.717) is 6.61 Å². The molecule has 0 saturated heterocycles. The van der Waals surface area contributed by atoms with Gasteiger partial charge in [0.05, 0.1) is 6.61 Å². The van der Waals surface area contributed by atoms with Gasteiger partial charge in [0.25, 0.3) is 0 Å². The monoisotopic (exact) mass is 448 g/mol. The van der Waals surface area contributed by atoms with Crippen LogP contribution in [-0.4, -0.2) is 29.8 Å². The predicted octanol–water partition coefficient (Wildman–Crippen LogP) is 7.07. The number of hydrogen-bond acceptors (Lipinski definition) is 4. The van der Waals surface area contributed by atoms with Crippen LogP contribution in [-0.2, 0) is 25.7 Å². The number of unbranched alkanes of at least 4 members (excludes halogenated alkanes) is 10. The van der Waals surface area contributed by atoms with Crippen LogP contribution in [0.1, 0.15) is 109 Å². The van der Waals surface area contributed by atoms with E-state index in [-0.39, 0.29) is 18.5 Å². The number of esters is 1. The lowest BCUT2D eigenvalue weighted by Gasteiger charge is -2.17. The second-order valence-electron chi connectivity index (χ2n) is 8.73. The van der Waals surface area contributed by atoms with Crippen molar-refractivity contribution >= 4 is 11.9 Å². The summed E-state index contributed by atoms with van der Waals surface area (Å²) in [4.78, 5) is 21.9. The van der Waals surface area contributed by atoms with Crippen LogP contribution in [0.4, 0.5) is 0 Å². The van der Waals surface area contributed by atoms with Crippen molar-refractivity contribution in [3.05, 3.63) is 35.9 Å². The number of hydrogen-bond donors (Lipinski definition) is 1. The van der Waals surface area contributed by atoms with Gasteiger partial charge in [-0.3, -0.25) is 9.59 Å². The van der Waals surface area contributed by atoms with E-state index in [1.807, 2.05) is 18.2 Å². The molecule has 0 bridgehead atoms. The van der Waals surface area contributed by atoms with Crippen molar-refractivity contribution in [2.75, 3.05) is 6.61 Å². The number of carbonyl (C=O) groups excluding carboxylic acids is 1. The molecular weight excluding hydrogens is 404 g/mol. The van der Waals surface area contributed by atoms with Gasteiger partial charge in [-0.25, -0.2) is 0 Å². The Bertz CT molecular complexity index is 587. The summed E-state index contributed by atoms with van der Waals surface area (Å²) in [6, 6.07) is 10.3. The van der Waals surface area contributed by atoms with Gasteiger partial charge in [-0.2, -0.15) is 0 Å². The molecule has 1 rings (SSSR count). The first kappa shape index (κ1) is 28.2. The maximum absolute atomic E-state index is 11.3. The van der Waals surface area contributed by atoms with Gasteiger partial charge in [0.15, 0.2) is 0 Å². The smallest absolute Gasteiger partial charge is 0.303 e. The molecule has 0 amide bonds. The van der Waals surface area contributed by atoms with E-state index in [4.69, 9.17) is 14.6 Å². The predicted molar refractivity (Wildman–Crippen MR) is 129 cm³/mol. The number of aliphatic carboxylic acids is 1. The Morgan fingerprint density at radius 1 is 0.781 bits per heavy atom. The van der Waals surface area contributed by atoms with Crippen molar-refractivity contribution in [1.82, 2.24) is 0 Å². The van der Waals surface area contributed by atoms with Gasteiger partial charge < -0.3 is 14.6 Å². The van der Waals surface area contributed by atoms with Crippen molar-refractivity contribution < 1.29 is 24.2 Å². The molecule has 0 spiro atoms. The van der Waals surface area contributed by atoms with Crippen molar-refractivity contribution in [2.24, 2.45) is 0 Å². The van der Waals surface area contributed by atoms with E-state index in [9.17, 15) is 9.59 Å². The van der Waals surface area contributed by atoms with E-state index >= 15 is 0 Å². The van der Waals surface area contributed by atoms with Crippen molar-refractivity contribution in [3.8, 4) is 0 Å². The lowest BCUT2D eigenvalue weighted by Crippen LogP contribution is -2.16. The molecule has 0 aliphatic carbocycles. The summed E-state index contributed by atoms with van der Waals surface area (Å²) in [5.41, 5.74) is 1.24. The minimum atomic E-state index is -0.726. The Balaban J connectivity index is 1.92. The van der Waals surface area contributed by atoms with E-state index in [0.717, 1.165) is 58.0 Å².